The zero-order chi connectivity index (χ0) is 20.2. The van der Waals surface area contributed by atoms with Gasteiger partial charge < -0.3 is 10.5 Å². The molecule has 0 saturated carbocycles. The van der Waals surface area contributed by atoms with Crippen molar-refractivity contribution in [3.05, 3.63) is 102 Å². The van der Waals surface area contributed by atoms with E-state index in [1.807, 2.05) is 67.6 Å². The normalized spacial score (nSPS) is 11.9. The molecule has 0 aliphatic carbocycles. The summed E-state index contributed by atoms with van der Waals surface area (Å²) in [6.45, 7) is 2.00. The summed E-state index contributed by atoms with van der Waals surface area (Å²) in [5, 5.41) is 15.2. The topological polar surface area (TPSA) is 68.9 Å². The molecule has 4 aromatic rings. The number of nitrogens with zero attached hydrogens (tertiary/aromatic N) is 2. The molecule has 2 aromatic heterocycles. The molecular weight excluding hydrogens is 362 g/mol. The zero-order valence-corrected chi connectivity index (χ0v) is 16.1. The van der Waals surface area contributed by atoms with Gasteiger partial charge in [0.25, 0.3) is 5.91 Å². The van der Waals surface area contributed by atoms with E-state index in [2.05, 4.69) is 5.32 Å². The Morgan fingerprint density at radius 3 is 2.45 bits per heavy atom. The van der Waals surface area contributed by atoms with Crippen molar-refractivity contribution in [1.82, 2.24) is 10.3 Å². The van der Waals surface area contributed by atoms with Crippen molar-refractivity contribution >= 4 is 16.8 Å². The van der Waals surface area contributed by atoms with E-state index in [0.29, 0.717) is 12.0 Å². The molecule has 4 rings (SSSR count). The Labute approximate surface area is 169 Å². The Hall–Kier alpha value is -3.73. The highest BCUT2D eigenvalue weighted by Gasteiger charge is 2.18. The standard InChI is InChI=1S/C24H21N3O2/c1-2-21(18-12-14-27(29)15-13-18)26-24(28)20-16-23(17-8-4-3-5-9-17)25-22-11-7-6-10-19(20)22/h3-16,21H,2H2,1H3,(H,26,28). The number of amides is 1. The van der Waals surface area contributed by atoms with Crippen molar-refractivity contribution < 1.29 is 9.52 Å². The summed E-state index contributed by atoms with van der Waals surface area (Å²) in [5.74, 6) is -0.161. The number of carbonyl (C=O) groups excluding carboxylic acids is 1. The molecule has 0 aliphatic rings. The van der Waals surface area contributed by atoms with Gasteiger partial charge in [-0.2, -0.15) is 4.73 Å². The van der Waals surface area contributed by atoms with Crippen LogP contribution in [0.15, 0.2) is 85.2 Å². The van der Waals surface area contributed by atoms with Crippen molar-refractivity contribution in [1.29, 1.82) is 0 Å². The smallest absolute Gasteiger partial charge is 0.252 e. The summed E-state index contributed by atoms with van der Waals surface area (Å²) in [6, 6.07) is 22.6. The van der Waals surface area contributed by atoms with Crippen molar-refractivity contribution in [2.45, 2.75) is 19.4 Å². The molecule has 2 heterocycles. The number of nitrogens with one attached hydrogen (secondary N) is 1. The van der Waals surface area contributed by atoms with E-state index in [9.17, 15) is 10.0 Å². The average molecular weight is 383 g/mol. The van der Waals surface area contributed by atoms with Gasteiger partial charge in [-0.3, -0.25) is 4.79 Å². The van der Waals surface area contributed by atoms with Crippen LogP contribution in [0.5, 0.6) is 0 Å². The molecule has 1 unspecified atom stereocenters. The van der Waals surface area contributed by atoms with Crippen molar-refractivity contribution in [2.75, 3.05) is 0 Å². The summed E-state index contributed by atoms with van der Waals surface area (Å²) in [7, 11) is 0. The second-order valence-electron chi connectivity index (χ2n) is 6.86. The Morgan fingerprint density at radius 1 is 1.03 bits per heavy atom. The molecule has 1 amide bonds. The largest absolute Gasteiger partial charge is 0.619 e. The molecule has 0 saturated heterocycles. The lowest BCUT2D eigenvalue weighted by molar-refractivity contribution is -0.605. The van der Waals surface area contributed by atoms with Gasteiger partial charge >= 0.3 is 0 Å². The van der Waals surface area contributed by atoms with Crippen LogP contribution in [-0.2, 0) is 0 Å². The van der Waals surface area contributed by atoms with Gasteiger partial charge in [-0.25, -0.2) is 4.98 Å². The first-order chi connectivity index (χ1) is 14.2. The van der Waals surface area contributed by atoms with E-state index in [4.69, 9.17) is 4.98 Å². The molecule has 29 heavy (non-hydrogen) atoms. The van der Waals surface area contributed by atoms with Crippen LogP contribution in [0, 0.1) is 5.21 Å². The quantitative estimate of drug-likeness (QED) is 0.410. The Kier molecular flexibility index (Phi) is 5.20. The molecule has 5 nitrogen and oxygen atoms in total. The van der Waals surface area contributed by atoms with Crippen molar-refractivity contribution in [3.63, 3.8) is 0 Å². The maximum atomic E-state index is 13.2. The van der Waals surface area contributed by atoms with E-state index >= 15 is 0 Å². The highest BCUT2D eigenvalue weighted by molar-refractivity contribution is 6.07. The van der Waals surface area contributed by atoms with Crippen LogP contribution in [0.3, 0.4) is 0 Å². The fourth-order valence-corrected chi connectivity index (χ4v) is 3.43. The van der Waals surface area contributed by atoms with Crippen LogP contribution in [0.2, 0.25) is 0 Å². The van der Waals surface area contributed by atoms with Gasteiger partial charge in [0, 0.05) is 23.1 Å². The van der Waals surface area contributed by atoms with Crippen LogP contribution < -0.4 is 10.0 Å². The van der Waals surface area contributed by atoms with E-state index in [1.165, 1.54) is 12.4 Å². The minimum atomic E-state index is -0.184. The highest BCUT2D eigenvalue weighted by Crippen LogP contribution is 2.26. The van der Waals surface area contributed by atoms with Crippen LogP contribution in [0.4, 0.5) is 0 Å². The van der Waals surface area contributed by atoms with Gasteiger partial charge in [-0.1, -0.05) is 55.5 Å². The first-order valence-corrected chi connectivity index (χ1v) is 9.60. The molecule has 1 N–H and O–H groups in total. The summed E-state index contributed by atoms with van der Waals surface area (Å²) >= 11 is 0. The number of carbonyl (C=O) groups is 1. The van der Waals surface area contributed by atoms with Gasteiger partial charge in [-0.05, 0) is 24.1 Å². The van der Waals surface area contributed by atoms with Crippen LogP contribution in [0.1, 0.15) is 35.3 Å². The third-order valence-corrected chi connectivity index (χ3v) is 4.97. The van der Waals surface area contributed by atoms with E-state index in [-0.39, 0.29) is 11.9 Å². The summed E-state index contributed by atoms with van der Waals surface area (Å²) in [5.41, 5.74) is 3.98. The molecular formula is C24H21N3O2. The minimum Gasteiger partial charge on any atom is -0.619 e. The third-order valence-electron chi connectivity index (χ3n) is 4.97. The molecule has 5 heteroatoms. The number of fused-ring (bicyclic) bond motifs is 1. The van der Waals surface area contributed by atoms with Gasteiger partial charge in [0.05, 0.1) is 22.8 Å². The second kappa shape index (κ2) is 8.10. The third kappa shape index (κ3) is 3.94. The second-order valence-corrected chi connectivity index (χ2v) is 6.86. The molecule has 2 aromatic carbocycles. The fraction of sp³-hybridized carbons (Fsp3) is 0.125. The predicted molar refractivity (Wildman–Crippen MR) is 113 cm³/mol. The maximum Gasteiger partial charge on any atom is 0.252 e. The molecule has 0 spiro atoms. The van der Waals surface area contributed by atoms with Crippen LogP contribution in [0.25, 0.3) is 22.2 Å². The number of benzene rings is 2. The Bertz CT molecular complexity index is 1140. The molecule has 144 valence electrons. The number of aromatic nitrogens is 2. The van der Waals surface area contributed by atoms with Crippen molar-refractivity contribution in [3.8, 4) is 11.3 Å². The van der Waals surface area contributed by atoms with E-state index < -0.39 is 0 Å². The molecule has 0 bridgehead atoms. The zero-order valence-electron chi connectivity index (χ0n) is 16.1. The van der Waals surface area contributed by atoms with E-state index in [0.717, 1.165) is 32.5 Å². The SMILES string of the molecule is CCC(NC(=O)c1cc(-c2ccccc2)nc2ccccc12)c1cc[n+]([O-])cc1. The average Bonchev–Trinajstić information content (AvgIpc) is 2.78. The molecule has 1 atom stereocenters. The first-order valence-electron chi connectivity index (χ1n) is 9.60. The summed E-state index contributed by atoms with van der Waals surface area (Å²) < 4.78 is 0.737. The van der Waals surface area contributed by atoms with E-state index in [1.54, 1.807) is 12.1 Å². The molecule has 0 fully saturated rings. The van der Waals surface area contributed by atoms with Crippen LogP contribution in [-0.4, -0.2) is 10.9 Å². The van der Waals surface area contributed by atoms with Crippen LogP contribution >= 0.6 is 0 Å². The summed E-state index contributed by atoms with van der Waals surface area (Å²) in [4.78, 5) is 18.0. The minimum absolute atomic E-state index is 0.161. The number of pyridine rings is 2. The molecule has 0 aliphatic heterocycles. The maximum absolute atomic E-state index is 13.2. The monoisotopic (exact) mass is 383 g/mol. The Balaban J connectivity index is 1.73. The molecule has 0 radical (unpaired) electrons. The fourth-order valence-electron chi connectivity index (χ4n) is 3.43. The van der Waals surface area contributed by atoms with Gasteiger partial charge in [-0.15, -0.1) is 0 Å². The van der Waals surface area contributed by atoms with Gasteiger partial charge in [0.2, 0.25) is 0 Å². The lowest BCUT2D eigenvalue weighted by atomic mass is 10.0. The first kappa shape index (κ1) is 18.6. The number of hydrogen-bond acceptors (Lipinski definition) is 3. The number of rotatable bonds is 5. The summed E-state index contributed by atoms with van der Waals surface area (Å²) in [6.07, 6.45) is 3.60. The highest BCUT2D eigenvalue weighted by atomic mass is 16.5. The lowest BCUT2D eigenvalue weighted by Crippen LogP contribution is -2.30. The number of para-hydroxylation sites is 1. The number of hydrogen-bond donors (Lipinski definition) is 1. The lowest BCUT2D eigenvalue weighted by Gasteiger charge is -2.18. The van der Waals surface area contributed by atoms with Gasteiger partial charge in [0.1, 0.15) is 0 Å². The predicted octanol–water partition coefficient (Wildman–Crippen LogP) is 4.42. The van der Waals surface area contributed by atoms with Crippen molar-refractivity contribution in [2.24, 2.45) is 0 Å². The van der Waals surface area contributed by atoms with Gasteiger partial charge in [0.15, 0.2) is 12.4 Å². The Morgan fingerprint density at radius 2 is 1.72 bits per heavy atom.